The van der Waals surface area contributed by atoms with Gasteiger partial charge in [-0.3, -0.25) is 4.79 Å². The van der Waals surface area contributed by atoms with Crippen molar-refractivity contribution < 1.29 is 9.53 Å². The molecule has 0 saturated carbocycles. The number of hydrogen-bond acceptors (Lipinski definition) is 4. The Balaban J connectivity index is 1.79. The van der Waals surface area contributed by atoms with E-state index in [0.717, 1.165) is 20.8 Å². The lowest BCUT2D eigenvalue weighted by Gasteiger charge is -2.06. The second-order valence-corrected chi connectivity index (χ2v) is 8.05. The van der Waals surface area contributed by atoms with E-state index in [9.17, 15) is 4.79 Å². The van der Waals surface area contributed by atoms with Crippen LogP contribution in [0.5, 0.6) is 0 Å². The largest absolute Gasteiger partial charge is 0.383 e. The van der Waals surface area contributed by atoms with E-state index in [2.05, 4.69) is 40.7 Å². The second-order valence-electron chi connectivity index (χ2n) is 5.87. The van der Waals surface area contributed by atoms with Crippen LogP contribution in [0.1, 0.15) is 12.0 Å². The SMILES string of the molecule is COCCn1c(=NC(=O)CCSc2ccccc2)sc2cccc(C)c21. The maximum Gasteiger partial charge on any atom is 0.249 e. The van der Waals surface area contributed by atoms with Gasteiger partial charge in [-0.05, 0) is 30.7 Å². The molecule has 0 aliphatic carbocycles. The van der Waals surface area contributed by atoms with Crippen LogP contribution in [0.2, 0.25) is 0 Å². The first-order valence-electron chi connectivity index (χ1n) is 8.52. The maximum absolute atomic E-state index is 12.4. The topological polar surface area (TPSA) is 43.6 Å². The minimum Gasteiger partial charge on any atom is -0.383 e. The monoisotopic (exact) mass is 386 g/mol. The molecule has 0 aliphatic rings. The lowest BCUT2D eigenvalue weighted by atomic mass is 10.2. The average Bonchev–Trinajstić information content (AvgIpc) is 2.99. The highest BCUT2D eigenvalue weighted by atomic mass is 32.2. The van der Waals surface area contributed by atoms with Gasteiger partial charge >= 0.3 is 0 Å². The minimum absolute atomic E-state index is 0.0798. The fourth-order valence-corrected chi connectivity index (χ4v) is 4.73. The van der Waals surface area contributed by atoms with Crippen LogP contribution in [0.4, 0.5) is 0 Å². The van der Waals surface area contributed by atoms with Crippen LogP contribution in [0.3, 0.4) is 0 Å². The normalized spacial score (nSPS) is 12.0. The Kier molecular flexibility index (Phi) is 6.66. The van der Waals surface area contributed by atoms with Crippen LogP contribution in [-0.4, -0.2) is 29.9 Å². The van der Waals surface area contributed by atoms with Crippen LogP contribution in [0.25, 0.3) is 10.2 Å². The Morgan fingerprint density at radius 1 is 1.19 bits per heavy atom. The number of aromatic nitrogens is 1. The van der Waals surface area contributed by atoms with Crippen molar-refractivity contribution in [2.45, 2.75) is 24.8 Å². The van der Waals surface area contributed by atoms with Gasteiger partial charge in [-0.15, -0.1) is 11.8 Å². The number of thiazole rings is 1. The molecule has 0 atom stereocenters. The average molecular weight is 387 g/mol. The number of aryl methyl sites for hydroxylation is 1. The Labute approximate surface area is 161 Å². The molecule has 0 aliphatic heterocycles. The van der Waals surface area contributed by atoms with Gasteiger partial charge in [-0.2, -0.15) is 4.99 Å². The first-order chi connectivity index (χ1) is 12.7. The number of benzene rings is 2. The molecular formula is C20H22N2O2S2. The van der Waals surface area contributed by atoms with Gasteiger partial charge in [-0.1, -0.05) is 41.7 Å². The summed E-state index contributed by atoms with van der Waals surface area (Å²) in [5.41, 5.74) is 2.32. The molecule has 0 bridgehead atoms. The lowest BCUT2D eigenvalue weighted by molar-refractivity contribution is -0.117. The number of nitrogens with zero attached hydrogens (tertiary/aromatic N) is 2. The van der Waals surface area contributed by atoms with Gasteiger partial charge < -0.3 is 9.30 Å². The van der Waals surface area contributed by atoms with Gasteiger partial charge in [-0.25, -0.2) is 0 Å². The number of rotatable bonds is 7. The number of carbonyl (C=O) groups excluding carboxylic acids is 1. The van der Waals surface area contributed by atoms with E-state index < -0.39 is 0 Å². The van der Waals surface area contributed by atoms with Crippen LogP contribution in [0, 0.1) is 6.92 Å². The fourth-order valence-electron chi connectivity index (χ4n) is 2.72. The molecule has 136 valence electrons. The summed E-state index contributed by atoms with van der Waals surface area (Å²) >= 11 is 3.24. The molecule has 0 unspecified atom stereocenters. The van der Waals surface area contributed by atoms with Crippen molar-refractivity contribution in [1.29, 1.82) is 0 Å². The predicted octanol–water partition coefficient (Wildman–Crippen LogP) is 4.27. The quantitative estimate of drug-likeness (QED) is 0.570. The molecule has 3 rings (SSSR count). The molecule has 0 fully saturated rings. The summed E-state index contributed by atoms with van der Waals surface area (Å²) in [6.07, 6.45) is 0.428. The molecule has 1 amide bonds. The van der Waals surface area contributed by atoms with Crippen LogP contribution in [0.15, 0.2) is 58.4 Å². The molecule has 0 spiro atoms. The standard InChI is InChI=1S/C20H22N2O2S2/c1-15-7-6-10-17-19(15)22(12-13-24-2)20(26-17)21-18(23)11-14-25-16-8-4-3-5-9-16/h3-10H,11-14H2,1-2H3. The van der Waals surface area contributed by atoms with Crippen molar-refractivity contribution in [1.82, 2.24) is 4.57 Å². The van der Waals surface area contributed by atoms with Crippen LogP contribution >= 0.6 is 23.1 Å². The zero-order chi connectivity index (χ0) is 18.4. The van der Waals surface area contributed by atoms with E-state index in [1.165, 1.54) is 10.5 Å². The van der Waals surface area contributed by atoms with Gasteiger partial charge in [0.1, 0.15) is 0 Å². The maximum atomic E-state index is 12.4. The first-order valence-corrected chi connectivity index (χ1v) is 10.3. The molecule has 1 heterocycles. The summed E-state index contributed by atoms with van der Waals surface area (Å²) in [5, 5.41) is 0. The molecule has 0 saturated heterocycles. The van der Waals surface area contributed by atoms with E-state index in [0.29, 0.717) is 19.6 Å². The van der Waals surface area contributed by atoms with E-state index in [4.69, 9.17) is 4.74 Å². The number of carbonyl (C=O) groups is 1. The number of ether oxygens (including phenoxy) is 1. The number of hydrogen-bond donors (Lipinski definition) is 0. The fraction of sp³-hybridized carbons (Fsp3) is 0.300. The summed E-state index contributed by atoms with van der Waals surface area (Å²) in [6.45, 7) is 3.36. The summed E-state index contributed by atoms with van der Waals surface area (Å²) in [5.74, 6) is 0.651. The Hall–Kier alpha value is -1.89. The van der Waals surface area contributed by atoms with E-state index >= 15 is 0 Å². The summed E-state index contributed by atoms with van der Waals surface area (Å²) in [7, 11) is 1.69. The van der Waals surface area contributed by atoms with Gasteiger partial charge in [0.2, 0.25) is 5.91 Å². The highest BCUT2D eigenvalue weighted by Crippen LogP contribution is 2.21. The summed E-state index contributed by atoms with van der Waals surface area (Å²) in [6, 6.07) is 16.3. The van der Waals surface area contributed by atoms with Crippen molar-refractivity contribution in [2.24, 2.45) is 4.99 Å². The number of fused-ring (bicyclic) bond motifs is 1. The molecule has 6 heteroatoms. The van der Waals surface area contributed by atoms with E-state index in [-0.39, 0.29) is 5.91 Å². The predicted molar refractivity (Wildman–Crippen MR) is 109 cm³/mol. The van der Waals surface area contributed by atoms with Crippen molar-refractivity contribution in [3.8, 4) is 0 Å². The number of methoxy groups -OCH3 is 1. The molecule has 2 aromatic carbocycles. The third kappa shape index (κ3) is 4.63. The van der Waals surface area contributed by atoms with Crippen molar-refractivity contribution in [2.75, 3.05) is 19.5 Å². The second kappa shape index (κ2) is 9.16. The van der Waals surface area contributed by atoms with Crippen LogP contribution in [-0.2, 0) is 16.1 Å². The smallest absolute Gasteiger partial charge is 0.249 e. The zero-order valence-electron chi connectivity index (χ0n) is 15.0. The third-order valence-electron chi connectivity index (χ3n) is 3.97. The van der Waals surface area contributed by atoms with Crippen molar-refractivity contribution in [3.63, 3.8) is 0 Å². The number of thioether (sulfide) groups is 1. The van der Waals surface area contributed by atoms with E-state index in [1.54, 1.807) is 30.2 Å². The molecule has 0 N–H and O–H groups in total. The Morgan fingerprint density at radius 2 is 2.00 bits per heavy atom. The van der Waals surface area contributed by atoms with Gasteiger partial charge in [0, 0.05) is 30.7 Å². The molecule has 1 aromatic heterocycles. The molecule has 0 radical (unpaired) electrons. The lowest BCUT2D eigenvalue weighted by Crippen LogP contribution is -2.19. The molecule has 3 aromatic rings. The van der Waals surface area contributed by atoms with Gasteiger partial charge in [0.25, 0.3) is 0 Å². The van der Waals surface area contributed by atoms with Crippen LogP contribution < -0.4 is 4.80 Å². The minimum atomic E-state index is -0.0798. The highest BCUT2D eigenvalue weighted by Gasteiger charge is 2.10. The zero-order valence-corrected chi connectivity index (χ0v) is 16.6. The number of para-hydroxylation sites is 1. The third-order valence-corrected chi connectivity index (χ3v) is 6.03. The summed E-state index contributed by atoms with van der Waals surface area (Å²) < 4.78 is 8.47. The van der Waals surface area contributed by atoms with Gasteiger partial charge in [0.15, 0.2) is 4.80 Å². The summed E-state index contributed by atoms with van der Waals surface area (Å²) in [4.78, 5) is 18.7. The first kappa shape index (κ1) is 18.9. The number of amides is 1. The Bertz CT molecular complexity index is 945. The Morgan fingerprint density at radius 3 is 2.77 bits per heavy atom. The van der Waals surface area contributed by atoms with Crippen molar-refractivity contribution in [3.05, 3.63) is 58.9 Å². The highest BCUT2D eigenvalue weighted by molar-refractivity contribution is 7.99. The van der Waals surface area contributed by atoms with Gasteiger partial charge in [0.05, 0.1) is 16.8 Å². The van der Waals surface area contributed by atoms with E-state index in [1.807, 2.05) is 24.3 Å². The molecular weight excluding hydrogens is 364 g/mol. The molecule has 26 heavy (non-hydrogen) atoms. The van der Waals surface area contributed by atoms with Crippen molar-refractivity contribution >= 4 is 39.2 Å². The molecule has 4 nitrogen and oxygen atoms in total.